The van der Waals surface area contributed by atoms with Crippen molar-refractivity contribution in [1.82, 2.24) is 4.72 Å². The third-order valence-electron chi connectivity index (χ3n) is 0.828. The second kappa shape index (κ2) is 3.63. The molecule has 0 aromatic carbocycles. The van der Waals surface area contributed by atoms with E-state index in [9.17, 15) is 8.42 Å². The summed E-state index contributed by atoms with van der Waals surface area (Å²) in [5.74, 6) is 0.126. The van der Waals surface area contributed by atoms with Crippen LogP contribution in [0.3, 0.4) is 0 Å². The molecule has 0 amide bonds. The number of nitrogens with one attached hydrogen (secondary N) is 1. The van der Waals surface area contributed by atoms with Gasteiger partial charge in [-0.15, -0.1) is 6.58 Å². The minimum Gasteiger partial charge on any atom is -0.212 e. The molecule has 0 saturated heterocycles. The molecule has 0 radical (unpaired) electrons. The van der Waals surface area contributed by atoms with Gasteiger partial charge in [-0.2, -0.15) is 0 Å². The van der Waals surface area contributed by atoms with Crippen molar-refractivity contribution in [1.29, 1.82) is 0 Å². The van der Waals surface area contributed by atoms with Crippen LogP contribution in [0.4, 0.5) is 0 Å². The van der Waals surface area contributed by atoms with E-state index in [4.69, 9.17) is 0 Å². The first-order valence-corrected chi connectivity index (χ1v) is 4.36. The van der Waals surface area contributed by atoms with E-state index in [2.05, 4.69) is 11.3 Å². The summed E-state index contributed by atoms with van der Waals surface area (Å²) in [6, 6.07) is 0. The first kappa shape index (κ1) is 8.65. The van der Waals surface area contributed by atoms with Crippen LogP contribution in [0.15, 0.2) is 12.7 Å². The lowest BCUT2D eigenvalue weighted by atomic mass is 10.7. The molecule has 0 aliphatic heterocycles. The molecule has 0 aromatic heterocycles. The van der Waals surface area contributed by atoms with Gasteiger partial charge >= 0.3 is 0 Å². The van der Waals surface area contributed by atoms with Gasteiger partial charge in [0.05, 0.1) is 5.75 Å². The molecule has 0 atom stereocenters. The predicted molar refractivity (Wildman–Crippen MR) is 37.7 cm³/mol. The van der Waals surface area contributed by atoms with Gasteiger partial charge in [0.2, 0.25) is 10.0 Å². The van der Waals surface area contributed by atoms with Crippen molar-refractivity contribution in [3.8, 4) is 0 Å². The van der Waals surface area contributed by atoms with Gasteiger partial charge in [0.25, 0.3) is 0 Å². The topological polar surface area (TPSA) is 46.2 Å². The summed E-state index contributed by atoms with van der Waals surface area (Å²) in [5, 5.41) is 0. The first-order chi connectivity index (χ1) is 4.12. The van der Waals surface area contributed by atoms with E-state index < -0.39 is 10.0 Å². The van der Waals surface area contributed by atoms with Crippen LogP contribution in [0.2, 0.25) is 0 Å². The van der Waals surface area contributed by atoms with Crippen molar-refractivity contribution in [3.05, 3.63) is 12.7 Å². The highest BCUT2D eigenvalue weighted by atomic mass is 32.2. The lowest BCUT2D eigenvalue weighted by molar-refractivity contribution is 0.587. The number of hydrogen-bond acceptors (Lipinski definition) is 2. The Balaban J connectivity index is 3.74. The number of rotatable bonds is 4. The minimum absolute atomic E-state index is 0.126. The highest BCUT2D eigenvalue weighted by Gasteiger charge is 2.01. The predicted octanol–water partition coefficient (Wildman–Crippen LogP) is 0.112. The Morgan fingerprint density at radius 1 is 1.67 bits per heavy atom. The van der Waals surface area contributed by atoms with Gasteiger partial charge in [0.1, 0.15) is 0 Å². The molecular weight excluding hydrogens is 138 g/mol. The fourth-order valence-corrected chi connectivity index (χ4v) is 0.864. The summed E-state index contributed by atoms with van der Waals surface area (Å²) in [4.78, 5) is 0. The van der Waals surface area contributed by atoms with Crippen molar-refractivity contribution in [2.45, 2.75) is 6.92 Å². The standard InChI is InChI=1S/C5H11NO2S/c1-3-5-6-9(7,8)4-2/h3,6H,1,4-5H2,2H3. The molecule has 3 nitrogen and oxygen atoms in total. The average molecular weight is 149 g/mol. The van der Waals surface area contributed by atoms with Crippen LogP contribution in [-0.4, -0.2) is 20.7 Å². The summed E-state index contributed by atoms with van der Waals surface area (Å²) >= 11 is 0. The van der Waals surface area contributed by atoms with Gasteiger partial charge in [0.15, 0.2) is 0 Å². The Hall–Kier alpha value is -0.350. The lowest BCUT2D eigenvalue weighted by Crippen LogP contribution is -2.24. The lowest BCUT2D eigenvalue weighted by Gasteiger charge is -1.97. The largest absolute Gasteiger partial charge is 0.212 e. The Labute approximate surface area is 55.8 Å². The summed E-state index contributed by atoms with van der Waals surface area (Å²) < 4.78 is 23.5. The molecule has 0 aliphatic rings. The Kier molecular flexibility index (Phi) is 3.49. The van der Waals surface area contributed by atoms with Gasteiger partial charge in [-0.05, 0) is 6.92 Å². The van der Waals surface area contributed by atoms with Gasteiger partial charge in [-0.3, -0.25) is 0 Å². The third kappa shape index (κ3) is 4.17. The van der Waals surface area contributed by atoms with Crippen LogP contribution in [-0.2, 0) is 10.0 Å². The normalized spacial score (nSPS) is 11.2. The van der Waals surface area contributed by atoms with E-state index in [1.807, 2.05) is 0 Å². The van der Waals surface area contributed by atoms with Crippen LogP contribution in [0.1, 0.15) is 6.92 Å². The fraction of sp³-hybridized carbons (Fsp3) is 0.600. The van der Waals surface area contributed by atoms with Crippen LogP contribution in [0.25, 0.3) is 0 Å². The van der Waals surface area contributed by atoms with Crippen LogP contribution >= 0.6 is 0 Å². The molecular formula is C5H11NO2S. The average Bonchev–Trinajstić information content (AvgIpc) is 1.84. The SMILES string of the molecule is C=CCNS(=O)(=O)CC. The minimum atomic E-state index is -3.00. The zero-order valence-electron chi connectivity index (χ0n) is 5.42. The second-order valence-corrected chi connectivity index (χ2v) is 3.64. The smallest absolute Gasteiger partial charge is 0.211 e. The van der Waals surface area contributed by atoms with Crippen molar-refractivity contribution in [2.75, 3.05) is 12.3 Å². The Morgan fingerprint density at radius 2 is 2.22 bits per heavy atom. The van der Waals surface area contributed by atoms with Crippen LogP contribution < -0.4 is 4.72 Å². The number of sulfonamides is 1. The van der Waals surface area contributed by atoms with Gasteiger partial charge in [-0.25, -0.2) is 13.1 Å². The molecule has 4 heteroatoms. The highest BCUT2D eigenvalue weighted by molar-refractivity contribution is 7.89. The van der Waals surface area contributed by atoms with Crippen LogP contribution in [0.5, 0.6) is 0 Å². The van der Waals surface area contributed by atoms with Crippen LogP contribution in [0, 0.1) is 0 Å². The Bertz CT molecular complexity index is 171. The van der Waals surface area contributed by atoms with Gasteiger partial charge < -0.3 is 0 Å². The summed E-state index contributed by atoms with van der Waals surface area (Å²) in [6.07, 6.45) is 1.51. The maximum absolute atomic E-state index is 10.6. The van der Waals surface area contributed by atoms with E-state index >= 15 is 0 Å². The molecule has 0 bridgehead atoms. The quantitative estimate of drug-likeness (QED) is 0.577. The zero-order chi connectivity index (χ0) is 7.33. The molecule has 0 spiro atoms. The Morgan fingerprint density at radius 3 is 2.56 bits per heavy atom. The van der Waals surface area contributed by atoms with Crippen molar-refractivity contribution in [3.63, 3.8) is 0 Å². The van der Waals surface area contributed by atoms with Gasteiger partial charge in [-0.1, -0.05) is 6.08 Å². The molecule has 0 rings (SSSR count). The van der Waals surface area contributed by atoms with E-state index in [1.54, 1.807) is 6.92 Å². The first-order valence-electron chi connectivity index (χ1n) is 2.70. The van der Waals surface area contributed by atoms with Gasteiger partial charge in [0, 0.05) is 6.54 Å². The van der Waals surface area contributed by atoms with E-state index in [1.165, 1.54) is 6.08 Å². The van der Waals surface area contributed by atoms with Crippen molar-refractivity contribution >= 4 is 10.0 Å². The zero-order valence-corrected chi connectivity index (χ0v) is 6.24. The molecule has 0 heterocycles. The third-order valence-corrected chi connectivity index (χ3v) is 2.19. The summed E-state index contributed by atoms with van der Waals surface area (Å²) in [6.45, 7) is 5.28. The molecule has 54 valence electrons. The van der Waals surface area contributed by atoms with Crippen molar-refractivity contribution < 1.29 is 8.42 Å². The summed E-state index contributed by atoms with van der Waals surface area (Å²) in [7, 11) is -3.00. The molecule has 0 fully saturated rings. The molecule has 9 heavy (non-hydrogen) atoms. The monoisotopic (exact) mass is 149 g/mol. The highest BCUT2D eigenvalue weighted by Crippen LogP contribution is 1.79. The molecule has 0 aromatic rings. The summed E-state index contributed by atoms with van der Waals surface area (Å²) in [5.41, 5.74) is 0. The van der Waals surface area contributed by atoms with E-state index in [0.717, 1.165) is 0 Å². The molecule has 0 saturated carbocycles. The maximum atomic E-state index is 10.6. The maximum Gasteiger partial charge on any atom is 0.211 e. The fourth-order valence-electron chi connectivity index (χ4n) is 0.288. The molecule has 1 N–H and O–H groups in total. The second-order valence-electron chi connectivity index (χ2n) is 1.54. The van der Waals surface area contributed by atoms with E-state index in [0.29, 0.717) is 6.54 Å². The number of hydrogen-bond donors (Lipinski definition) is 1. The van der Waals surface area contributed by atoms with Crippen molar-refractivity contribution in [2.24, 2.45) is 0 Å². The van der Waals surface area contributed by atoms with E-state index in [-0.39, 0.29) is 5.75 Å². The molecule has 0 aliphatic carbocycles. The molecule has 0 unspecified atom stereocenters.